The zero-order valence-electron chi connectivity index (χ0n) is 13.7. The molecule has 0 spiro atoms. The van der Waals surface area contributed by atoms with Crippen molar-refractivity contribution in [3.05, 3.63) is 35.4 Å². The SMILES string of the molecule is CN(C)CCC(=O)N1CCN(C(=O)c2cccc(C#N)c2)CC1. The van der Waals surface area contributed by atoms with Crippen molar-refractivity contribution in [2.45, 2.75) is 6.42 Å². The molecule has 0 bridgehead atoms. The van der Waals surface area contributed by atoms with Crippen LogP contribution >= 0.6 is 0 Å². The second-order valence-electron chi connectivity index (χ2n) is 5.92. The molecule has 0 N–H and O–H groups in total. The molecule has 1 aromatic carbocycles. The molecule has 0 radical (unpaired) electrons. The average molecular weight is 314 g/mol. The van der Waals surface area contributed by atoms with Gasteiger partial charge in [-0.25, -0.2) is 0 Å². The molecular weight excluding hydrogens is 292 g/mol. The number of carbonyl (C=O) groups excluding carboxylic acids is 2. The maximum Gasteiger partial charge on any atom is 0.254 e. The van der Waals surface area contributed by atoms with Gasteiger partial charge in [0.2, 0.25) is 5.91 Å². The summed E-state index contributed by atoms with van der Waals surface area (Å²) in [6, 6.07) is 8.76. The molecule has 122 valence electrons. The summed E-state index contributed by atoms with van der Waals surface area (Å²) >= 11 is 0. The van der Waals surface area contributed by atoms with Gasteiger partial charge in [0.25, 0.3) is 5.91 Å². The highest BCUT2D eigenvalue weighted by molar-refractivity contribution is 5.94. The molecule has 2 rings (SSSR count). The molecule has 1 aromatic rings. The number of piperazine rings is 1. The molecule has 0 unspecified atom stereocenters. The number of carbonyl (C=O) groups is 2. The average Bonchev–Trinajstić information content (AvgIpc) is 2.59. The third-order valence-corrected chi connectivity index (χ3v) is 3.93. The molecule has 1 aliphatic rings. The van der Waals surface area contributed by atoms with Crippen molar-refractivity contribution in [3.8, 4) is 6.07 Å². The van der Waals surface area contributed by atoms with Gasteiger partial charge in [-0.2, -0.15) is 5.26 Å². The van der Waals surface area contributed by atoms with E-state index in [2.05, 4.69) is 0 Å². The molecule has 1 saturated heterocycles. The summed E-state index contributed by atoms with van der Waals surface area (Å²) in [5, 5.41) is 8.92. The second-order valence-corrected chi connectivity index (χ2v) is 5.92. The van der Waals surface area contributed by atoms with Crippen molar-refractivity contribution in [1.82, 2.24) is 14.7 Å². The standard InChI is InChI=1S/C17H22N4O2/c1-19(2)7-6-16(22)20-8-10-21(11-9-20)17(23)15-5-3-4-14(12-15)13-18/h3-5,12H,6-11H2,1-2H3. The largest absolute Gasteiger partial charge is 0.339 e. The van der Waals surface area contributed by atoms with Gasteiger partial charge in [-0.05, 0) is 32.3 Å². The lowest BCUT2D eigenvalue weighted by molar-refractivity contribution is -0.132. The summed E-state index contributed by atoms with van der Waals surface area (Å²) in [7, 11) is 3.89. The van der Waals surface area contributed by atoms with Crippen LogP contribution in [0, 0.1) is 11.3 Å². The third kappa shape index (κ3) is 4.54. The van der Waals surface area contributed by atoms with Crippen LogP contribution in [0.15, 0.2) is 24.3 Å². The quantitative estimate of drug-likeness (QED) is 0.824. The lowest BCUT2D eigenvalue weighted by atomic mass is 10.1. The molecule has 23 heavy (non-hydrogen) atoms. The van der Waals surface area contributed by atoms with Crippen LogP contribution < -0.4 is 0 Å². The van der Waals surface area contributed by atoms with Gasteiger partial charge >= 0.3 is 0 Å². The predicted molar refractivity (Wildman–Crippen MR) is 86.8 cm³/mol. The van der Waals surface area contributed by atoms with Crippen molar-refractivity contribution >= 4 is 11.8 Å². The molecule has 2 amide bonds. The summed E-state index contributed by atoms with van der Waals surface area (Å²) in [6.07, 6.45) is 0.505. The summed E-state index contributed by atoms with van der Waals surface area (Å²) in [5.41, 5.74) is 1.00. The first-order valence-electron chi connectivity index (χ1n) is 7.73. The Morgan fingerprint density at radius 3 is 2.43 bits per heavy atom. The van der Waals surface area contributed by atoms with E-state index in [1.54, 1.807) is 29.2 Å². The second kappa shape index (κ2) is 7.75. The molecule has 0 saturated carbocycles. The van der Waals surface area contributed by atoms with E-state index in [-0.39, 0.29) is 11.8 Å². The molecule has 0 aliphatic carbocycles. The fourth-order valence-corrected chi connectivity index (χ4v) is 2.54. The number of hydrogen-bond donors (Lipinski definition) is 0. The van der Waals surface area contributed by atoms with Gasteiger partial charge in [-0.15, -0.1) is 0 Å². The van der Waals surface area contributed by atoms with E-state index in [1.165, 1.54) is 0 Å². The maximum atomic E-state index is 12.5. The van der Waals surface area contributed by atoms with Gasteiger partial charge < -0.3 is 14.7 Å². The predicted octanol–water partition coefficient (Wildman–Crippen LogP) is 0.794. The van der Waals surface area contributed by atoms with Gasteiger partial charge in [-0.3, -0.25) is 9.59 Å². The van der Waals surface area contributed by atoms with Gasteiger partial charge in [-0.1, -0.05) is 6.07 Å². The monoisotopic (exact) mass is 314 g/mol. The lowest BCUT2D eigenvalue weighted by Crippen LogP contribution is -2.50. The first-order valence-corrected chi connectivity index (χ1v) is 7.73. The van der Waals surface area contributed by atoms with E-state index >= 15 is 0 Å². The maximum absolute atomic E-state index is 12.5. The molecule has 6 nitrogen and oxygen atoms in total. The lowest BCUT2D eigenvalue weighted by Gasteiger charge is -2.35. The van der Waals surface area contributed by atoms with E-state index in [4.69, 9.17) is 5.26 Å². The van der Waals surface area contributed by atoms with E-state index in [9.17, 15) is 9.59 Å². The number of amides is 2. The number of hydrogen-bond acceptors (Lipinski definition) is 4. The van der Waals surface area contributed by atoms with Crippen LogP contribution in [0.1, 0.15) is 22.3 Å². The van der Waals surface area contributed by atoms with Crippen LogP contribution in [0.25, 0.3) is 0 Å². The third-order valence-electron chi connectivity index (χ3n) is 3.93. The van der Waals surface area contributed by atoms with E-state index in [0.717, 1.165) is 6.54 Å². The summed E-state index contributed by atoms with van der Waals surface area (Å²) in [4.78, 5) is 30.1. The minimum atomic E-state index is -0.0810. The highest BCUT2D eigenvalue weighted by Crippen LogP contribution is 2.11. The van der Waals surface area contributed by atoms with Crippen molar-refractivity contribution in [2.75, 3.05) is 46.8 Å². The van der Waals surface area contributed by atoms with Crippen molar-refractivity contribution in [1.29, 1.82) is 5.26 Å². The Balaban J connectivity index is 1.90. The van der Waals surface area contributed by atoms with Gasteiger partial charge in [0.15, 0.2) is 0 Å². The number of rotatable bonds is 4. The summed E-state index contributed by atoms with van der Waals surface area (Å²) in [6.45, 7) is 2.93. The van der Waals surface area contributed by atoms with Crippen LogP contribution in [0.3, 0.4) is 0 Å². The van der Waals surface area contributed by atoms with Crippen LogP contribution in [-0.2, 0) is 4.79 Å². The van der Waals surface area contributed by atoms with Gasteiger partial charge in [0, 0.05) is 44.7 Å². The Morgan fingerprint density at radius 1 is 1.17 bits per heavy atom. The Bertz CT molecular complexity index is 613. The van der Waals surface area contributed by atoms with Crippen molar-refractivity contribution < 1.29 is 9.59 Å². The zero-order valence-corrected chi connectivity index (χ0v) is 13.7. The van der Waals surface area contributed by atoms with Crippen LogP contribution in [0.5, 0.6) is 0 Å². The first kappa shape index (κ1) is 17.0. The number of benzene rings is 1. The fraction of sp³-hybridized carbons (Fsp3) is 0.471. The molecule has 0 aromatic heterocycles. The van der Waals surface area contributed by atoms with Crippen molar-refractivity contribution in [2.24, 2.45) is 0 Å². The van der Waals surface area contributed by atoms with Crippen LogP contribution in [0.4, 0.5) is 0 Å². The number of nitriles is 1. The topological polar surface area (TPSA) is 67.7 Å². The molecule has 1 fully saturated rings. The Labute approximate surface area is 136 Å². The molecule has 1 heterocycles. The van der Waals surface area contributed by atoms with E-state index in [1.807, 2.05) is 30.0 Å². The van der Waals surface area contributed by atoms with E-state index < -0.39 is 0 Å². The smallest absolute Gasteiger partial charge is 0.254 e. The number of nitrogens with zero attached hydrogens (tertiary/aromatic N) is 4. The zero-order chi connectivity index (χ0) is 16.8. The first-order chi connectivity index (χ1) is 11.0. The fourth-order valence-electron chi connectivity index (χ4n) is 2.54. The van der Waals surface area contributed by atoms with Crippen LogP contribution in [-0.4, -0.2) is 73.3 Å². The Kier molecular flexibility index (Phi) is 5.72. The van der Waals surface area contributed by atoms with Crippen LogP contribution in [0.2, 0.25) is 0 Å². The Morgan fingerprint density at radius 2 is 1.83 bits per heavy atom. The normalized spacial score (nSPS) is 14.7. The van der Waals surface area contributed by atoms with Gasteiger partial charge in [0.05, 0.1) is 11.6 Å². The highest BCUT2D eigenvalue weighted by Gasteiger charge is 2.24. The Hall–Kier alpha value is -2.39. The minimum absolute atomic E-state index is 0.0810. The highest BCUT2D eigenvalue weighted by atomic mass is 16.2. The summed E-state index contributed by atoms with van der Waals surface area (Å²) < 4.78 is 0. The molecular formula is C17H22N4O2. The van der Waals surface area contributed by atoms with E-state index in [0.29, 0.717) is 43.7 Å². The van der Waals surface area contributed by atoms with Gasteiger partial charge in [0.1, 0.15) is 0 Å². The molecule has 6 heteroatoms. The van der Waals surface area contributed by atoms with Crippen molar-refractivity contribution in [3.63, 3.8) is 0 Å². The molecule has 1 aliphatic heterocycles. The summed E-state index contributed by atoms with van der Waals surface area (Å²) in [5.74, 6) is 0.0553. The minimum Gasteiger partial charge on any atom is -0.339 e. The molecule has 0 atom stereocenters.